The molecule has 1 aliphatic carbocycles. The summed E-state index contributed by atoms with van der Waals surface area (Å²) in [7, 11) is -3.65. The van der Waals surface area contributed by atoms with Gasteiger partial charge in [0.25, 0.3) is 10.0 Å². The minimum atomic E-state index is -3.65. The van der Waals surface area contributed by atoms with E-state index in [1.54, 1.807) is 29.2 Å². The van der Waals surface area contributed by atoms with Crippen LogP contribution in [-0.4, -0.2) is 28.4 Å². The molecule has 0 atom stereocenters. The van der Waals surface area contributed by atoms with Crippen molar-refractivity contribution < 1.29 is 8.42 Å². The number of aryl methyl sites for hydroxylation is 1. The Bertz CT molecular complexity index is 969. The molecule has 2 heterocycles. The standard InChI is InChI=1S/C15H17N5O2S/c1-10-5-11(6-15-14(10)8-16-18-15)19-23(21,22)13-7-17-20(9-13)12-3-2-4-12/h5-9,12,19H,2-4H2,1H3,(H,16,18). The van der Waals surface area contributed by atoms with Crippen molar-refractivity contribution in [1.82, 2.24) is 20.0 Å². The highest BCUT2D eigenvalue weighted by molar-refractivity contribution is 7.92. The van der Waals surface area contributed by atoms with E-state index in [1.165, 1.54) is 12.6 Å². The average Bonchev–Trinajstić information content (AvgIpc) is 3.05. The van der Waals surface area contributed by atoms with Crippen molar-refractivity contribution >= 4 is 26.6 Å². The molecule has 2 aromatic heterocycles. The van der Waals surface area contributed by atoms with Crippen molar-refractivity contribution in [1.29, 1.82) is 0 Å². The molecule has 23 heavy (non-hydrogen) atoms. The first-order chi connectivity index (χ1) is 11.0. The van der Waals surface area contributed by atoms with E-state index < -0.39 is 10.0 Å². The van der Waals surface area contributed by atoms with E-state index in [4.69, 9.17) is 0 Å². The number of aromatic nitrogens is 4. The summed E-state index contributed by atoms with van der Waals surface area (Å²) in [6, 6.07) is 3.87. The van der Waals surface area contributed by atoms with Crippen LogP contribution in [-0.2, 0) is 10.0 Å². The Morgan fingerprint density at radius 2 is 2.13 bits per heavy atom. The summed E-state index contributed by atoms with van der Waals surface area (Å²) in [5, 5.41) is 12.0. The molecule has 1 aromatic carbocycles. The second-order valence-electron chi connectivity index (χ2n) is 5.97. The second kappa shape index (κ2) is 5.09. The molecule has 1 fully saturated rings. The molecule has 2 N–H and O–H groups in total. The molecule has 0 radical (unpaired) electrons. The number of benzene rings is 1. The number of rotatable bonds is 4. The summed E-state index contributed by atoms with van der Waals surface area (Å²) < 4.78 is 29.4. The minimum absolute atomic E-state index is 0.187. The van der Waals surface area contributed by atoms with Crippen molar-refractivity contribution in [3.63, 3.8) is 0 Å². The Kier molecular flexibility index (Phi) is 3.15. The van der Waals surface area contributed by atoms with Crippen LogP contribution in [0.3, 0.4) is 0 Å². The van der Waals surface area contributed by atoms with Crippen molar-refractivity contribution in [3.05, 3.63) is 36.3 Å². The van der Waals surface area contributed by atoms with Gasteiger partial charge in [0, 0.05) is 11.6 Å². The van der Waals surface area contributed by atoms with Crippen molar-refractivity contribution in [3.8, 4) is 0 Å². The van der Waals surface area contributed by atoms with Crippen LogP contribution in [0.15, 0.2) is 35.6 Å². The fraction of sp³-hybridized carbons (Fsp3) is 0.333. The molecule has 1 saturated carbocycles. The first-order valence-electron chi connectivity index (χ1n) is 7.54. The van der Waals surface area contributed by atoms with Crippen LogP contribution in [0.1, 0.15) is 30.9 Å². The van der Waals surface area contributed by atoms with Crippen molar-refractivity contribution in [2.24, 2.45) is 0 Å². The topological polar surface area (TPSA) is 92.7 Å². The summed E-state index contributed by atoms with van der Waals surface area (Å²) in [6.45, 7) is 1.92. The summed E-state index contributed by atoms with van der Waals surface area (Å²) in [5.74, 6) is 0. The lowest BCUT2D eigenvalue weighted by Crippen LogP contribution is -2.17. The summed E-state index contributed by atoms with van der Waals surface area (Å²) in [4.78, 5) is 0.187. The smallest absolute Gasteiger partial charge is 0.265 e. The molecule has 0 spiro atoms. The average molecular weight is 331 g/mol. The maximum Gasteiger partial charge on any atom is 0.265 e. The van der Waals surface area contributed by atoms with E-state index in [0.29, 0.717) is 11.7 Å². The molecular formula is C15H17N5O2S. The van der Waals surface area contributed by atoms with Gasteiger partial charge in [0.15, 0.2) is 0 Å². The molecule has 4 rings (SSSR count). The number of aromatic amines is 1. The van der Waals surface area contributed by atoms with Gasteiger partial charge in [-0.3, -0.25) is 14.5 Å². The van der Waals surface area contributed by atoms with Gasteiger partial charge in [0.1, 0.15) is 4.90 Å². The Morgan fingerprint density at radius 1 is 1.30 bits per heavy atom. The summed E-state index contributed by atoms with van der Waals surface area (Å²) in [6.07, 6.45) is 8.03. The minimum Gasteiger partial charge on any atom is -0.279 e. The van der Waals surface area contributed by atoms with E-state index in [0.717, 1.165) is 29.3 Å². The highest BCUT2D eigenvalue weighted by atomic mass is 32.2. The number of sulfonamides is 1. The highest BCUT2D eigenvalue weighted by Gasteiger charge is 2.23. The van der Waals surface area contributed by atoms with E-state index in [9.17, 15) is 8.42 Å². The maximum absolute atomic E-state index is 12.5. The molecule has 0 saturated heterocycles. The predicted molar refractivity (Wildman–Crippen MR) is 86.8 cm³/mol. The lowest BCUT2D eigenvalue weighted by molar-refractivity contribution is 0.289. The monoisotopic (exact) mass is 331 g/mol. The number of H-pyrrole nitrogens is 1. The fourth-order valence-electron chi connectivity index (χ4n) is 2.81. The quantitative estimate of drug-likeness (QED) is 0.768. The van der Waals surface area contributed by atoms with E-state index in [1.807, 2.05) is 6.92 Å². The molecule has 0 unspecified atom stereocenters. The number of hydrogen-bond donors (Lipinski definition) is 2. The third kappa shape index (κ3) is 2.48. The van der Waals surface area contributed by atoms with Gasteiger partial charge in [-0.05, 0) is 43.9 Å². The van der Waals surface area contributed by atoms with E-state index in [-0.39, 0.29) is 4.90 Å². The molecule has 0 aliphatic heterocycles. The van der Waals surface area contributed by atoms with Crippen LogP contribution < -0.4 is 4.72 Å². The molecule has 1 aliphatic rings. The molecule has 120 valence electrons. The Labute approximate surface area is 133 Å². The lowest BCUT2D eigenvalue weighted by atomic mass is 9.93. The third-order valence-corrected chi connectivity index (χ3v) is 5.69. The van der Waals surface area contributed by atoms with E-state index >= 15 is 0 Å². The molecule has 3 aromatic rings. The van der Waals surface area contributed by atoms with Crippen LogP contribution in [0, 0.1) is 6.92 Å². The molecule has 8 heteroatoms. The van der Waals surface area contributed by atoms with Gasteiger partial charge >= 0.3 is 0 Å². The van der Waals surface area contributed by atoms with Crippen molar-refractivity contribution in [2.75, 3.05) is 4.72 Å². The van der Waals surface area contributed by atoms with Gasteiger partial charge in [-0.25, -0.2) is 8.42 Å². The number of fused-ring (bicyclic) bond motifs is 1. The Balaban J connectivity index is 1.63. The molecular weight excluding hydrogens is 314 g/mol. The van der Waals surface area contributed by atoms with Crippen LogP contribution in [0.25, 0.3) is 10.9 Å². The van der Waals surface area contributed by atoms with Crippen LogP contribution >= 0.6 is 0 Å². The first kappa shape index (κ1) is 14.3. The van der Waals surface area contributed by atoms with Crippen LogP contribution in [0.4, 0.5) is 5.69 Å². The Morgan fingerprint density at radius 3 is 2.87 bits per heavy atom. The van der Waals surface area contributed by atoms with Gasteiger partial charge in [-0.2, -0.15) is 10.2 Å². The number of anilines is 1. The predicted octanol–water partition coefficient (Wildman–Crippen LogP) is 2.59. The van der Waals surface area contributed by atoms with Gasteiger partial charge in [-0.1, -0.05) is 0 Å². The van der Waals surface area contributed by atoms with Gasteiger partial charge in [0.05, 0.1) is 29.6 Å². The molecule has 0 amide bonds. The van der Waals surface area contributed by atoms with Crippen molar-refractivity contribution in [2.45, 2.75) is 37.1 Å². The third-order valence-electron chi connectivity index (χ3n) is 4.35. The normalized spacial score (nSPS) is 15.7. The summed E-state index contributed by atoms with van der Waals surface area (Å²) >= 11 is 0. The number of hydrogen-bond acceptors (Lipinski definition) is 4. The fourth-order valence-corrected chi connectivity index (χ4v) is 3.79. The summed E-state index contributed by atoms with van der Waals surface area (Å²) in [5.41, 5.74) is 2.27. The Hall–Kier alpha value is -2.35. The van der Waals surface area contributed by atoms with Gasteiger partial charge < -0.3 is 0 Å². The molecule has 0 bridgehead atoms. The number of nitrogens with one attached hydrogen (secondary N) is 2. The maximum atomic E-state index is 12.5. The SMILES string of the molecule is Cc1cc(NS(=O)(=O)c2cnn(C3CCC3)c2)cc2[nH]ncc12. The highest BCUT2D eigenvalue weighted by Crippen LogP contribution is 2.31. The number of nitrogens with zero attached hydrogens (tertiary/aromatic N) is 3. The van der Waals surface area contributed by atoms with Crippen LogP contribution in [0.5, 0.6) is 0 Å². The lowest BCUT2D eigenvalue weighted by Gasteiger charge is -2.25. The van der Waals surface area contributed by atoms with Gasteiger partial charge in [-0.15, -0.1) is 0 Å². The zero-order valence-corrected chi connectivity index (χ0v) is 13.5. The first-order valence-corrected chi connectivity index (χ1v) is 9.02. The second-order valence-corrected chi connectivity index (χ2v) is 7.65. The molecule has 7 nitrogen and oxygen atoms in total. The largest absolute Gasteiger partial charge is 0.279 e. The van der Waals surface area contributed by atoms with Gasteiger partial charge in [0.2, 0.25) is 0 Å². The van der Waals surface area contributed by atoms with Crippen LogP contribution in [0.2, 0.25) is 0 Å². The van der Waals surface area contributed by atoms with E-state index in [2.05, 4.69) is 20.0 Å². The zero-order chi connectivity index (χ0) is 16.0. The zero-order valence-electron chi connectivity index (χ0n) is 12.7.